The molecule has 1 aliphatic rings. The van der Waals surface area contributed by atoms with E-state index >= 15 is 0 Å². The van der Waals surface area contributed by atoms with Crippen molar-refractivity contribution in [2.75, 3.05) is 6.61 Å². The van der Waals surface area contributed by atoms with Crippen molar-refractivity contribution >= 4 is 11.3 Å². The van der Waals surface area contributed by atoms with Crippen molar-refractivity contribution in [2.45, 2.75) is 52.2 Å². The van der Waals surface area contributed by atoms with Crippen molar-refractivity contribution < 1.29 is 9.84 Å². The summed E-state index contributed by atoms with van der Waals surface area (Å²) in [4.78, 5) is 1.17. The Balaban J connectivity index is 1.85. The van der Waals surface area contributed by atoms with Gasteiger partial charge in [0.1, 0.15) is 6.61 Å². The van der Waals surface area contributed by atoms with Gasteiger partial charge >= 0.3 is 0 Å². The molecule has 0 atom stereocenters. The lowest BCUT2D eigenvalue weighted by molar-refractivity contribution is -0.00454. The van der Waals surface area contributed by atoms with E-state index in [2.05, 4.69) is 25.7 Å². The molecule has 0 amide bonds. The van der Waals surface area contributed by atoms with Gasteiger partial charge in [-0.3, -0.25) is 0 Å². The second-order valence-electron chi connectivity index (χ2n) is 5.89. The summed E-state index contributed by atoms with van der Waals surface area (Å²) >= 11 is 1.68. The highest BCUT2D eigenvalue weighted by Gasteiger charge is 2.27. The van der Waals surface area contributed by atoms with Gasteiger partial charge in [0.2, 0.25) is 0 Å². The maximum Gasteiger partial charge on any atom is 0.104 e. The molecule has 0 radical (unpaired) electrons. The molecule has 0 unspecified atom stereocenters. The molecule has 0 saturated heterocycles. The van der Waals surface area contributed by atoms with Crippen LogP contribution in [0.3, 0.4) is 0 Å². The quantitative estimate of drug-likeness (QED) is 0.856. The summed E-state index contributed by atoms with van der Waals surface area (Å²) < 4.78 is 6.02. The number of rotatable bonds is 3. The highest BCUT2D eigenvalue weighted by Crippen LogP contribution is 2.36. The average molecular weight is 278 g/mol. The zero-order chi connectivity index (χ0) is 13.7. The fraction of sp³-hybridized carbons (Fsp3) is 0.625. The van der Waals surface area contributed by atoms with Gasteiger partial charge in [-0.15, -0.1) is 11.3 Å². The van der Waals surface area contributed by atoms with E-state index in [-0.39, 0.29) is 6.61 Å². The van der Waals surface area contributed by atoms with Crippen molar-refractivity contribution in [3.05, 3.63) is 21.9 Å². The molecule has 104 valence electrons. The third-order valence-electron chi connectivity index (χ3n) is 3.78. The second-order valence-corrected chi connectivity index (χ2v) is 6.89. The van der Waals surface area contributed by atoms with E-state index in [1.807, 2.05) is 11.4 Å². The van der Waals surface area contributed by atoms with Crippen LogP contribution in [0.4, 0.5) is 0 Å². The summed E-state index contributed by atoms with van der Waals surface area (Å²) in [6, 6.07) is 2.00. The standard InChI is InChI=1S/C16H22O2S/c1-16(2)8-5-14(6-9-16)18-12-15-13(4-3-10-17)7-11-19-15/h7,11,14,17H,5-6,8-10,12H2,1-2H3. The molecule has 0 spiro atoms. The van der Waals surface area contributed by atoms with Crippen molar-refractivity contribution in [3.8, 4) is 11.8 Å². The molecule has 0 bridgehead atoms. The number of thiophene rings is 1. The maximum atomic E-state index is 8.74. The molecule has 0 aromatic carbocycles. The average Bonchev–Trinajstić information content (AvgIpc) is 2.82. The van der Waals surface area contributed by atoms with Gasteiger partial charge in [0.25, 0.3) is 0 Å². The number of ether oxygens (including phenoxy) is 1. The van der Waals surface area contributed by atoms with Gasteiger partial charge in [-0.1, -0.05) is 25.7 Å². The Bertz CT molecular complexity index is 455. The summed E-state index contributed by atoms with van der Waals surface area (Å²) in [6.07, 6.45) is 5.22. The normalized spacial score (nSPS) is 18.9. The minimum Gasteiger partial charge on any atom is -0.384 e. The fourth-order valence-corrected chi connectivity index (χ4v) is 3.18. The van der Waals surface area contributed by atoms with Gasteiger partial charge in [0, 0.05) is 10.4 Å². The Labute approximate surface area is 119 Å². The monoisotopic (exact) mass is 278 g/mol. The Morgan fingerprint density at radius 2 is 2.16 bits per heavy atom. The van der Waals surface area contributed by atoms with E-state index in [1.54, 1.807) is 11.3 Å². The number of hydrogen-bond acceptors (Lipinski definition) is 3. The molecule has 1 aromatic rings. The largest absolute Gasteiger partial charge is 0.384 e. The Morgan fingerprint density at radius 3 is 2.84 bits per heavy atom. The van der Waals surface area contributed by atoms with E-state index in [0.29, 0.717) is 18.1 Å². The highest BCUT2D eigenvalue weighted by atomic mass is 32.1. The lowest BCUT2D eigenvalue weighted by Gasteiger charge is -2.34. The summed E-state index contributed by atoms with van der Waals surface area (Å²) in [6.45, 7) is 5.24. The Morgan fingerprint density at radius 1 is 1.42 bits per heavy atom. The first kappa shape index (κ1) is 14.6. The van der Waals surface area contributed by atoms with Gasteiger partial charge in [-0.2, -0.15) is 0 Å². The molecule has 2 rings (SSSR count). The number of aliphatic hydroxyl groups excluding tert-OH is 1. The summed E-state index contributed by atoms with van der Waals surface area (Å²) in [5.74, 6) is 5.67. The maximum absolute atomic E-state index is 8.74. The first-order valence-electron chi connectivity index (χ1n) is 6.88. The lowest BCUT2D eigenvalue weighted by atomic mass is 9.76. The molecule has 1 N–H and O–H groups in total. The number of hydrogen-bond donors (Lipinski definition) is 1. The van der Waals surface area contributed by atoms with Crippen LogP contribution < -0.4 is 0 Å². The van der Waals surface area contributed by atoms with Gasteiger partial charge in [-0.25, -0.2) is 0 Å². The molecule has 1 saturated carbocycles. The van der Waals surface area contributed by atoms with Crippen LogP contribution in [0, 0.1) is 17.3 Å². The molecule has 1 aromatic heterocycles. The highest BCUT2D eigenvalue weighted by molar-refractivity contribution is 7.10. The smallest absolute Gasteiger partial charge is 0.104 e. The van der Waals surface area contributed by atoms with Crippen molar-refractivity contribution in [2.24, 2.45) is 5.41 Å². The van der Waals surface area contributed by atoms with Crippen LogP contribution in [0.5, 0.6) is 0 Å². The third-order valence-corrected chi connectivity index (χ3v) is 4.68. The van der Waals surface area contributed by atoms with E-state index in [4.69, 9.17) is 9.84 Å². The van der Waals surface area contributed by atoms with Gasteiger partial charge < -0.3 is 9.84 Å². The van der Waals surface area contributed by atoms with Crippen LogP contribution >= 0.6 is 11.3 Å². The minimum atomic E-state index is -0.0894. The first-order valence-corrected chi connectivity index (χ1v) is 7.76. The van der Waals surface area contributed by atoms with Crippen molar-refractivity contribution in [1.29, 1.82) is 0 Å². The zero-order valence-corrected chi connectivity index (χ0v) is 12.6. The molecule has 1 heterocycles. The second kappa shape index (κ2) is 6.56. The summed E-state index contributed by atoms with van der Waals surface area (Å²) in [5, 5.41) is 10.8. The molecule has 1 fully saturated rings. The van der Waals surface area contributed by atoms with Crippen LogP contribution in [-0.2, 0) is 11.3 Å². The van der Waals surface area contributed by atoms with Crippen LogP contribution in [0.25, 0.3) is 0 Å². The zero-order valence-electron chi connectivity index (χ0n) is 11.7. The van der Waals surface area contributed by atoms with Crippen molar-refractivity contribution in [1.82, 2.24) is 0 Å². The molecule has 19 heavy (non-hydrogen) atoms. The molecule has 1 aliphatic carbocycles. The van der Waals surface area contributed by atoms with Gasteiger partial charge in [0.15, 0.2) is 0 Å². The molecule has 3 heteroatoms. The number of aliphatic hydroxyl groups is 1. The molecule has 2 nitrogen and oxygen atoms in total. The lowest BCUT2D eigenvalue weighted by Crippen LogP contribution is -2.26. The Kier molecular flexibility index (Phi) is 5.04. The third kappa shape index (κ3) is 4.35. The van der Waals surface area contributed by atoms with E-state index in [9.17, 15) is 0 Å². The van der Waals surface area contributed by atoms with E-state index in [1.165, 1.54) is 17.7 Å². The predicted octanol–water partition coefficient (Wildman–Crippen LogP) is 3.58. The first-order chi connectivity index (χ1) is 9.11. The Hall–Kier alpha value is -0.820. The van der Waals surface area contributed by atoms with Gasteiger partial charge in [-0.05, 0) is 42.5 Å². The van der Waals surface area contributed by atoms with Gasteiger partial charge in [0.05, 0.1) is 12.7 Å². The molecular weight excluding hydrogens is 256 g/mol. The van der Waals surface area contributed by atoms with Crippen LogP contribution in [0.2, 0.25) is 0 Å². The SMILES string of the molecule is CC1(C)CCC(OCc2sccc2C#CCO)CC1. The van der Waals surface area contributed by atoms with E-state index in [0.717, 1.165) is 18.4 Å². The van der Waals surface area contributed by atoms with Crippen LogP contribution in [0.15, 0.2) is 11.4 Å². The molecule has 0 aliphatic heterocycles. The summed E-state index contributed by atoms with van der Waals surface area (Å²) in [7, 11) is 0. The van der Waals surface area contributed by atoms with Crippen molar-refractivity contribution in [3.63, 3.8) is 0 Å². The van der Waals surface area contributed by atoms with Crippen LogP contribution in [0.1, 0.15) is 50.0 Å². The van der Waals surface area contributed by atoms with E-state index < -0.39 is 0 Å². The molecular formula is C16H22O2S. The fourth-order valence-electron chi connectivity index (χ4n) is 2.43. The summed E-state index contributed by atoms with van der Waals surface area (Å²) in [5.41, 5.74) is 1.48. The van der Waals surface area contributed by atoms with Crippen LogP contribution in [-0.4, -0.2) is 17.8 Å². The topological polar surface area (TPSA) is 29.5 Å². The predicted molar refractivity (Wildman–Crippen MR) is 79.1 cm³/mol. The minimum absolute atomic E-state index is 0.0894.